The molecule has 44 heavy (non-hydrogen) atoms. The summed E-state index contributed by atoms with van der Waals surface area (Å²) in [6.07, 6.45) is 3.22. The number of anilines is 2. The topological polar surface area (TPSA) is 111 Å². The van der Waals surface area contributed by atoms with E-state index in [-0.39, 0.29) is 35.5 Å². The van der Waals surface area contributed by atoms with E-state index in [1.54, 1.807) is 24.3 Å². The predicted molar refractivity (Wildman–Crippen MR) is 176 cm³/mol. The first-order valence-corrected chi connectivity index (χ1v) is 16.1. The molecule has 2 aromatic heterocycles. The lowest BCUT2D eigenvalue weighted by Crippen LogP contribution is -2.21. The summed E-state index contributed by atoms with van der Waals surface area (Å²) < 4.78 is 12.6. The summed E-state index contributed by atoms with van der Waals surface area (Å²) in [5.41, 5.74) is 0.795. The second-order valence-electron chi connectivity index (χ2n) is 10.0. The molecule has 2 amide bonds. The molecule has 0 saturated carbocycles. The lowest BCUT2D eigenvalue weighted by molar-refractivity contribution is 0.0494. The fraction of sp³-hybridized carbons (Fsp3) is 0.235. The molecule has 226 valence electrons. The minimum Gasteiger partial charge on any atom is -0.462 e. The van der Waals surface area contributed by atoms with Gasteiger partial charge in [0.05, 0.1) is 24.3 Å². The number of hydrogen-bond acceptors (Lipinski definition) is 8. The third-order valence-corrected chi connectivity index (χ3v) is 9.10. The summed E-state index contributed by atoms with van der Waals surface area (Å²) in [6, 6.07) is 21.1. The Bertz CT molecular complexity index is 1710. The van der Waals surface area contributed by atoms with Crippen molar-refractivity contribution in [3.05, 3.63) is 95.1 Å². The van der Waals surface area contributed by atoms with Crippen LogP contribution in [-0.2, 0) is 9.47 Å². The Morgan fingerprint density at radius 1 is 0.591 bits per heavy atom. The summed E-state index contributed by atoms with van der Waals surface area (Å²) >= 11 is 2.53. The number of nitrogens with one attached hydrogen (secondary N) is 2. The molecule has 8 nitrogen and oxygen atoms in total. The van der Waals surface area contributed by atoms with Gasteiger partial charge in [0, 0.05) is 20.2 Å². The smallest absolute Gasteiger partial charge is 0.341 e. The van der Waals surface area contributed by atoms with Crippen LogP contribution in [0.4, 0.5) is 10.0 Å². The Labute approximate surface area is 263 Å². The summed E-state index contributed by atoms with van der Waals surface area (Å²) in [7, 11) is 0. The monoisotopic (exact) mass is 628 g/mol. The van der Waals surface area contributed by atoms with Crippen molar-refractivity contribution >= 4 is 76.6 Å². The van der Waals surface area contributed by atoms with E-state index in [0.29, 0.717) is 20.8 Å². The number of carbonyl (C=O) groups excluding carboxylic acids is 4. The van der Waals surface area contributed by atoms with Gasteiger partial charge in [-0.1, -0.05) is 75.2 Å². The van der Waals surface area contributed by atoms with E-state index in [1.807, 2.05) is 62.4 Å². The van der Waals surface area contributed by atoms with E-state index in [1.165, 1.54) is 22.7 Å². The average Bonchev–Trinajstić information content (AvgIpc) is 3.58. The molecule has 2 heterocycles. The van der Waals surface area contributed by atoms with Crippen LogP contribution in [0.5, 0.6) is 0 Å². The van der Waals surface area contributed by atoms with Gasteiger partial charge in [-0.25, -0.2) is 9.59 Å². The second kappa shape index (κ2) is 14.3. The van der Waals surface area contributed by atoms with Crippen molar-refractivity contribution in [3.8, 4) is 0 Å². The van der Waals surface area contributed by atoms with Crippen LogP contribution in [0.25, 0.3) is 20.2 Å². The highest BCUT2D eigenvalue weighted by Crippen LogP contribution is 2.38. The van der Waals surface area contributed by atoms with Crippen molar-refractivity contribution in [1.82, 2.24) is 0 Å². The van der Waals surface area contributed by atoms with Crippen LogP contribution in [0.15, 0.2) is 72.8 Å². The molecule has 0 unspecified atom stereocenters. The van der Waals surface area contributed by atoms with Gasteiger partial charge < -0.3 is 20.1 Å². The molecule has 10 heteroatoms. The molecule has 5 aromatic rings. The summed E-state index contributed by atoms with van der Waals surface area (Å²) in [6.45, 7) is 4.57. The number of thiophene rings is 2. The number of benzene rings is 3. The van der Waals surface area contributed by atoms with Crippen LogP contribution >= 0.6 is 22.7 Å². The number of amides is 2. The van der Waals surface area contributed by atoms with Gasteiger partial charge in [0.2, 0.25) is 0 Å². The molecule has 0 fully saturated rings. The van der Waals surface area contributed by atoms with Crippen molar-refractivity contribution in [2.45, 2.75) is 39.5 Å². The number of hydrogen-bond donors (Lipinski definition) is 2. The van der Waals surface area contributed by atoms with E-state index in [0.717, 1.165) is 35.1 Å². The van der Waals surface area contributed by atoms with E-state index >= 15 is 0 Å². The first kappa shape index (κ1) is 30.9. The molecular formula is C34H32N2O6S2. The second-order valence-corrected chi connectivity index (χ2v) is 12.1. The maximum absolute atomic E-state index is 13.7. The Morgan fingerprint density at radius 2 is 0.977 bits per heavy atom. The number of rotatable bonds is 12. The van der Waals surface area contributed by atoms with Crippen molar-refractivity contribution in [2.24, 2.45) is 0 Å². The Hall–Kier alpha value is -4.54. The first-order valence-electron chi connectivity index (χ1n) is 14.5. The summed E-state index contributed by atoms with van der Waals surface area (Å²) in [5.74, 6) is -2.14. The standard InChI is InChI=1S/C34H32N2O6S2/c1-3-5-19-41-33(39)27-23-15-9-11-17-25(23)43-31(27)35-29(37)21-13-7-8-14-22(21)30(38)36-32-28(34(40)42-20-6-4-2)24-16-10-12-18-26(24)44-32/h7-18H,3-6,19-20H2,1-2H3,(H,35,37)(H,36,38). The molecule has 0 bridgehead atoms. The van der Waals surface area contributed by atoms with Crippen molar-refractivity contribution in [1.29, 1.82) is 0 Å². The van der Waals surface area contributed by atoms with Gasteiger partial charge in [0.15, 0.2) is 0 Å². The van der Waals surface area contributed by atoms with Gasteiger partial charge in [0.1, 0.15) is 21.1 Å². The molecule has 5 rings (SSSR count). The fourth-order valence-electron chi connectivity index (χ4n) is 4.66. The number of fused-ring (bicyclic) bond motifs is 2. The molecule has 2 N–H and O–H groups in total. The van der Waals surface area contributed by atoms with Gasteiger partial charge in [-0.2, -0.15) is 0 Å². The number of unbranched alkanes of at least 4 members (excludes halogenated alkanes) is 2. The van der Waals surface area contributed by atoms with Gasteiger partial charge in [0.25, 0.3) is 11.8 Å². The highest BCUT2D eigenvalue weighted by molar-refractivity contribution is 7.24. The first-order chi connectivity index (χ1) is 21.4. The van der Waals surface area contributed by atoms with Gasteiger partial charge in [-0.05, 0) is 37.1 Å². The lowest BCUT2D eigenvalue weighted by atomic mass is 10.1. The predicted octanol–water partition coefficient (Wildman–Crippen LogP) is 8.53. The van der Waals surface area contributed by atoms with Crippen molar-refractivity contribution < 1.29 is 28.7 Å². The highest BCUT2D eigenvalue weighted by atomic mass is 32.1. The molecular weight excluding hydrogens is 597 g/mol. The van der Waals surface area contributed by atoms with E-state index in [4.69, 9.17) is 9.47 Å². The van der Waals surface area contributed by atoms with Crippen LogP contribution in [0.2, 0.25) is 0 Å². The van der Waals surface area contributed by atoms with Crippen molar-refractivity contribution in [2.75, 3.05) is 23.8 Å². The van der Waals surface area contributed by atoms with Crippen LogP contribution < -0.4 is 10.6 Å². The molecule has 0 spiro atoms. The molecule has 0 saturated heterocycles. The molecule has 3 aromatic carbocycles. The van der Waals surface area contributed by atoms with E-state index in [2.05, 4.69) is 10.6 Å². The molecule has 0 atom stereocenters. The summed E-state index contributed by atoms with van der Waals surface area (Å²) in [5, 5.41) is 7.76. The molecule has 0 aliphatic heterocycles. The van der Waals surface area contributed by atoms with Crippen molar-refractivity contribution in [3.63, 3.8) is 0 Å². The van der Waals surface area contributed by atoms with Gasteiger partial charge >= 0.3 is 11.9 Å². The van der Waals surface area contributed by atoms with Gasteiger partial charge in [-0.3, -0.25) is 9.59 Å². The van der Waals surface area contributed by atoms with Crippen LogP contribution in [0.3, 0.4) is 0 Å². The Balaban J connectivity index is 1.43. The number of carbonyl (C=O) groups is 4. The Morgan fingerprint density at radius 3 is 1.39 bits per heavy atom. The minimum atomic E-state index is -0.555. The zero-order valence-electron chi connectivity index (χ0n) is 24.4. The fourth-order valence-corrected chi connectivity index (χ4v) is 6.83. The summed E-state index contributed by atoms with van der Waals surface area (Å²) in [4.78, 5) is 53.5. The quantitative estimate of drug-likeness (QED) is 0.106. The van der Waals surface area contributed by atoms with Gasteiger partial charge in [-0.15, -0.1) is 22.7 Å². The normalized spacial score (nSPS) is 11.0. The van der Waals surface area contributed by atoms with E-state index < -0.39 is 23.8 Å². The Kier molecular flexibility index (Phi) is 10.0. The average molecular weight is 629 g/mol. The number of ether oxygens (including phenoxy) is 2. The SMILES string of the molecule is CCCCOC(=O)c1c(NC(=O)c2ccccc2C(=O)Nc2sc3ccccc3c2C(=O)OCCCC)sc2ccccc12. The molecule has 0 aliphatic rings. The molecule has 0 aliphatic carbocycles. The van der Waals surface area contributed by atoms with Crippen LogP contribution in [0.1, 0.15) is 81.0 Å². The van der Waals surface area contributed by atoms with Crippen LogP contribution in [0, 0.1) is 0 Å². The molecule has 0 radical (unpaired) electrons. The maximum Gasteiger partial charge on any atom is 0.341 e. The third kappa shape index (κ3) is 6.66. The third-order valence-electron chi connectivity index (χ3n) is 6.93. The lowest BCUT2D eigenvalue weighted by Gasteiger charge is -2.12. The minimum absolute atomic E-state index is 0.112. The zero-order valence-corrected chi connectivity index (χ0v) is 26.1. The maximum atomic E-state index is 13.7. The highest BCUT2D eigenvalue weighted by Gasteiger charge is 2.26. The zero-order chi connectivity index (χ0) is 31.1. The largest absolute Gasteiger partial charge is 0.462 e. The number of esters is 2. The van der Waals surface area contributed by atoms with Crippen LogP contribution in [-0.4, -0.2) is 37.0 Å². The van der Waals surface area contributed by atoms with E-state index in [9.17, 15) is 19.2 Å².